The molecule has 0 bridgehead atoms. The fourth-order valence-corrected chi connectivity index (χ4v) is 5.55. The highest BCUT2D eigenvalue weighted by molar-refractivity contribution is 5.79. The van der Waals surface area contributed by atoms with Gasteiger partial charge in [-0.05, 0) is 88.2 Å². The molecule has 0 N–H and O–H groups in total. The quantitative estimate of drug-likeness (QED) is 0.277. The molecular formula is C27H36F6N2O2. The highest BCUT2D eigenvalue weighted by atomic mass is 19.4. The third-order valence-corrected chi connectivity index (χ3v) is 8.04. The number of allylic oxidation sites excluding steroid dienone is 1. The maximum Gasteiger partial charge on any atom is 0.416 e. The zero-order valence-corrected chi connectivity index (χ0v) is 21.6. The Balaban J connectivity index is 1.60. The van der Waals surface area contributed by atoms with Gasteiger partial charge in [-0.25, -0.2) is 0 Å². The summed E-state index contributed by atoms with van der Waals surface area (Å²) in [5.41, 5.74) is -2.94. The molecule has 1 saturated carbocycles. The Morgan fingerprint density at radius 1 is 1.00 bits per heavy atom. The normalized spacial score (nSPS) is 22.9. The van der Waals surface area contributed by atoms with E-state index in [0.29, 0.717) is 36.9 Å². The van der Waals surface area contributed by atoms with Gasteiger partial charge in [-0.15, -0.1) is 0 Å². The van der Waals surface area contributed by atoms with E-state index in [9.17, 15) is 31.1 Å². The molecule has 1 aliphatic heterocycles. The van der Waals surface area contributed by atoms with Crippen molar-refractivity contribution in [2.75, 3.05) is 27.2 Å². The molecule has 0 aromatic heterocycles. The van der Waals surface area contributed by atoms with Crippen molar-refractivity contribution < 1.29 is 35.9 Å². The molecule has 4 nitrogen and oxygen atoms in total. The van der Waals surface area contributed by atoms with Gasteiger partial charge in [-0.1, -0.05) is 6.58 Å². The van der Waals surface area contributed by atoms with Crippen LogP contribution in [-0.2, 0) is 21.9 Å². The molecular weight excluding hydrogens is 498 g/mol. The van der Waals surface area contributed by atoms with E-state index >= 15 is 0 Å². The molecule has 1 aromatic rings. The number of halogens is 6. The Morgan fingerprint density at radius 3 is 1.97 bits per heavy atom. The Hall–Kier alpha value is -2.23. The maximum absolute atomic E-state index is 13.3. The Labute approximate surface area is 214 Å². The van der Waals surface area contributed by atoms with Crippen LogP contribution in [0.2, 0.25) is 0 Å². The third kappa shape index (κ3) is 7.42. The predicted molar refractivity (Wildman–Crippen MR) is 128 cm³/mol. The summed E-state index contributed by atoms with van der Waals surface area (Å²) in [7, 11) is 3.08. The van der Waals surface area contributed by atoms with Gasteiger partial charge in [0.25, 0.3) is 0 Å². The van der Waals surface area contributed by atoms with Gasteiger partial charge in [-0.3, -0.25) is 4.79 Å². The van der Waals surface area contributed by atoms with Crippen molar-refractivity contribution in [1.82, 2.24) is 9.80 Å². The zero-order valence-electron chi connectivity index (χ0n) is 21.6. The van der Waals surface area contributed by atoms with Crippen LogP contribution < -0.4 is 0 Å². The number of hydrogen-bond acceptors (Lipinski definition) is 3. The second kappa shape index (κ2) is 11.7. The van der Waals surface area contributed by atoms with Gasteiger partial charge in [-0.2, -0.15) is 26.3 Å². The number of piperidine rings is 1. The molecule has 1 atom stereocenters. The van der Waals surface area contributed by atoms with Crippen LogP contribution in [0.3, 0.4) is 0 Å². The Bertz CT molecular complexity index is 913. The topological polar surface area (TPSA) is 32.8 Å². The molecule has 208 valence electrons. The molecule has 1 amide bonds. The zero-order chi connectivity index (χ0) is 27.5. The van der Waals surface area contributed by atoms with Gasteiger partial charge in [0, 0.05) is 25.4 Å². The van der Waals surface area contributed by atoms with Gasteiger partial charge in [0.1, 0.15) is 0 Å². The van der Waals surface area contributed by atoms with Gasteiger partial charge >= 0.3 is 12.4 Å². The Morgan fingerprint density at radius 2 is 1.51 bits per heavy atom. The molecule has 0 radical (unpaired) electrons. The molecule has 1 aromatic carbocycles. The number of alkyl halides is 6. The second-order valence-corrected chi connectivity index (χ2v) is 10.4. The summed E-state index contributed by atoms with van der Waals surface area (Å²) in [5, 5.41) is 0. The van der Waals surface area contributed by atoms with Crippen molar-refractivity contribution in [3.8, 4) is 0 Å². The average Bonchev–Trinajstić information content (AvgIpc) is 2.86. The first-order valence-electron chi connectivity index (χ1n) is 12.7. The minimum atomic E-state index is -4.93. The molecule has 1 saturated heterocycles. The van der Waals surface area contributed by atoms with E-state index in [-0.39, 0.29) is 23.5 Å². The number of carbonyl (C=O) groups excluding carboxylic acids is 1. The van der Waals surface area contributed by atoms with Gasteiger partial charge in [0.15, 0.2) is 0 Å². The average molecular weight is 535 g/mol. The number of rotatable bonds is 7. The lowest BCUT2D eigenvalue weighted by Gasteiger charge is -2.41. The van der Waals surface area contributed by atoms with E-state index in [0.717, 1.165) is 51.0 Å². The number of hydrogen-bond donors (Lipinski definition) is 0. The number of methoxy groups -OCH3 is 1. The lowest BCUT2D eigenvalue weighted by Crippen LogP contribution is -2.46. The molecule has 1 heterocycles. The van der Waals surface area contributed by atoms with Crippen LogP contribution in [0.25, 0.3) is 0 Å². The second-order valence-electron chi connectivity index (χ2n) is 10.4. The summed E-state index contributed by atoms with van der Waals surface area (Å²) in [4.78, 5) is 16.9. The lowest BCUT2D eigenvalue weighted by atomic mass is 9.82. The first-order valence-corrected chi connectivity index (χ1v) is 12.7. The van der Waals surface area contributed by atoms with Crippen LogP contribution in [0.1, 0.15) is 74.6 Å². The van der Waals surface area contributed by atoms with E-state index in [1.54, 1.807) is 7.11 Å². The van der Waals surface area contributed by atoms with Crippen molar-refractivity contribution in [2.24, 2.45) is 11.8 Å². The molecule has 10 heteroatoms. The number of ether oxygens (including phenoxy) is 1. The molecule has 3 rings (SSSR count). The van der Waals surface area contributed by atoms with Crippen LogP contribution >= 0.6 is 0 Å². The summed E-state index contributed by atoms with van der Waals surface area (Å²) >= 11 is 0. The molecule has 2 fully saturated rings. The number of nitrogens with zero attached hydrogens (tertiary/aromatic N) is 2. The van der Waals surface area contributed by atoms with Gasteiger partial charge in [0.2, 0.25) is 5.91 Å². The lowest BCUT2D eigenvalue weighted by molar-refractivity contribution is -0.143. The van der Waals surface area contributed by atoms with Crippen LogP contribution in [0, 0.1) is 11.8 Å². The number of carbonyl (C=O) groups is 1. The van der Waals surface area contributed by atoms with Crippen molar-refractivity contribution in [3.05, 3.63) is 47.2 Å². The number of amides is 1. The van der Waals surface area contributed by atoms with Crippen molar-refractivity contribution >= 4 is 5.91 Å². The van der Waals surface area contributed by atoms with Crippen LogP contribution in [0.4, 0.5) is 26.3 Å². The molecule has 0 spiro atoms. The monoisotopic (exact) mass is 534 g/mol. The summed E-state index contributed by atoms with van der Waals surface area (Å²) in [5.74, 6) is 0.824. The van der Waals surface area contributed by atoms with Crippen molar-refractivity contribution in [2.45, 2.75) is 76.3 Å². The van der Waals surface area contributed by atoms with Gasteiger partial charge < -0.3 is 14.5 Å². The highest BCUT2D eigenvalue weighted by Gasteiger charge is 2.38. The maximum atomic E-state index is 13.3. The fraction of sp³-hybridized carbons (Fsp3) is 0.667. The number of likely N-dealkylation sites (tertiary alicyclic amines) is 1. The highest BCUT2D eigenvalue weighted by Crippen LogP contribution is 2.39. The van der Waals surface area contributed by atoms with E-state index in [1.807, 2.05) is 0 Å². The van der Waals surface area contributed by atoms with Crippen LogP contribution in [0.5, 0.6) is 0 Å². The molecule has 37 heavy (non-hydrogen) atoms. The molecule has 1 aliphatic carbocycles. The summed E-state index contributed by atoms with van der Waals surface area (Å²) in [6, 6.07) is 1.03. The summed E-state index contributed by atoms with van der Waals surface area (Å²) < 4.78 is 84.8. The van der Waals surface area contributed by atoms with E-state index in [2.05, 4.69) is 11.5 Å². The largest absolute Gasteiger partial charge is 0.502 e. The Kier molecular flexibility index (Phi) is 9.24. The first-order chi connectivity index (χ1) is 17.2. The smallest absolute Gasteiger partial charge is 0.416 e. The van der Waals surface area contributed by atoms with Crippen LogP contribution in [0.15, 0.2) is 30.5 Å². The fourth-order valence-electron chi connectivity index (χ4n) is 5.55. The molecule has 1 unspecified atom stereocenters. The van der Waals surface area contributed by atoms with Crippen LogP contribution in [-0.4, -0.2) is 49.0 Å². The SMILES string of the molecule is C=C(CC1CCC(N2CCC(C(=O)N(C)C(C)c3cc(C(F)(F)F)cc(C(F)(F)F)c3)CC2)CC1)OC. The molecule has 2 aliphatic rings. The minimum absolute atomic E-state index is 0.106. The van der Waals surface area contributed by atoms with E-state index in [4.69, 9.17) is 4.74 Å². The van der Waals surface area contributed by atoms with E-state index < -0.39 is 29.5 Å². The van der Waals surface area contributed by atoms with E-state index in [1.165, 1.54) is 18.9 Å². The standard InChI is InChI=1S/C27H36F6N2O2/c1-17(37-4)13-19-5-7-24(8-6-19)35-11-9-20(10-12-35)25(36)34(3)18(2)21-14-22(26(28,29)30)16-23(15-21)27(31,32)33/h14-16,18-20,24H,1,5-13H2,2-4H3. The third-order valence-electron chi connectivity index (χ3n) is 8.04. The summed E-state index contributed by atoms with van der Waals surface area (Å²) in [6.45, 7) is 6.87. The summed E-state index contributed by atoms with van der Waals surface area (Å²) in [6.07, 6.45) is -3.39. The predicted octanol–water partition coefficient (Wildman–Crippen LogP) is 7.06. The van der Waals surface area contributed by atoms with Gasteiger partial charge in [0.05, 0.1) is 30.0 Å². The first kappa shape index (κ1) is 29.3. The number of benzene rings is 1. The van der Waals surface area contributed by atoms with Crippen molar-refractivity contribution in [3.63, 3.8) is 0 Å². The van der Waals surface area contributed by atoms with Crippen molar-refractivity contribution in [1.29, 1.82) is 0 Å². The minimum Gasteiger partial charge on any atom is -0.502 e.